The van der Waals surface area contributed by atoms with Crippen LogP contribution in [0.4, 0.5) is 0 Å². The lowest BCUT2D eigenvalue weighted by Crippen LogP contribution is -1.74. The van der Waals surface area contributed by atoms with Gasteiger partial charge in [0, 0.05) is 14.7 Å². The molecule has 0 aliphatic heterocycles. The van der Waals surface area contributed by atoms with Gasteiger partial charge in [-0.2, -0.15) is 0 Å². The molecule has 0 aliphatic rings. The fourth-order valence-electron chi connectivity index (χ4n) is 0.818. The minimum atomic E-state index is 0.980. The first-order chi connectivity index (χ1) is 5.22. The number of benzene rings is 1. The zero-order valence-corrected chi connectivity index (χ0v) is 8.85. The van der Waals surface area contributed by atoms with Crippen LogP contribution in [-0.2, 0) is 0 Å². The maximum atomic E-state index is 4.25. The van der Waals surface area contributed by atoms with Gasteiger partial charge < -0.3 is 0 Å². The lowest BCUT2D eigenvalue weighted by molar-refractivity contribution is 1.24. The molecule has 0 atom stereocenters. The molecule has 1 aromatic rings. The summed E-state index contributed by atoms with van der Waals surface area (Å²) < 4.78 is 0. The van der Waals surface area contributed by atoms with Crippen molar-refractivity contribution in [2.75, 3.05) is 5.75 Å². The van der Waals surface area contributed by atoms with Gasteiger partial charge in [0.2, 0.25) is 0 Å². The molecule has 0 spiro atoms. The first kappa shape index (κ1) is 9.36. The van der Waals surface area contributed by atoms with Crippen LogP contribution < -0.4 is 0 Å². The average Bonchev–Trinajstić information content (AvgIpc) is 1.85. The molecule has 0 radical (unpaired) electrons. The van der Waals surface area contributed by atoms with Crippen LogP contribution in [0.15, 0.2) is 32.9 Å². The molecule has 1 aromatic carbocycles. The summed E-state index contributed by atoms with van der Waals surface area (Å²) in [5, 5.41) is 0. The summed E-state index contributed by atoms with van der Waals surface area (Å²) in [6, 6.07) is 6.04. The van der Waals surface area contributed by atoms with Crippen LogP contribution in [0.25, 0.3) is 0 Å². The van der Waals surface area contributed by atoms with Crippen molar-refractivity contribution in [2.24, 2.45) is 0 Å². The minimum Gasteiger partial charge on any atom is -0.143 e. The van der Waals surface area contributed by atoms with Crippen molar-refractivity contribution in [3.05, 3.63) is 18.2 Å². The van der Waals surface area contributed by atoms with Crippen molar-refractivity contribution in [1.82, 2.24) is 0 Å². The van der Waals surface area contributed by atoms with Gasteiger partial charge in [0.1, 0.15) is 0 Å². The Bertz CT molecular complexity index is 225. The molecule has 0 unspecified atom stereocenters. The second kappa shape index (κ2) is 4.33. The molecule has 0 saturated carbocycles. The van der Waals surface area contributed by atoms with Crippen LogP contribution in [0.3, 0.4) is 0 Å². The topological polar surface area (TPSA) is 0 Å². The van der Waals surface area contributed by atoms with Gasteiger partial charge in [-0.25, -0.2) is 0 Å². The third-order valence-corrected chi connectivity index (χ3v) is 2.56. The predicted molar refractivity (Wildman–Crippen MR) is 57.3 cm³/mol. The fraction of sp³-hybridized carbons (Fsp3) is 0.250. The number of rotatable bonds is 2. The quantitative estimate of drug-likeness (QED) is 0.547. The molecule has 0 heterocycles. The summed E-state index contributed by atoms with van der Waals surface area (Å²) in [4.78, 5) is 3.20. The maximum Gasteiger partial charge on any atom is 0.00939 e. The zero-order valence-electron chi connectivity index (χ0n) is 6.24. The van der Waals surface area contributed by atoms with Crippen molar-refractivity contribution >= 4 is 37.0 Å². The highest BCUT2D eigenvalue weighted by atomic mass is 32.2. The minimum absolute atomic E-state index is 0.980. The van der Waals surface area contributed by atoms with E-state index in [0.29, 0.717) is 0 Å². The molecule has 3 heteroatoms. The Labute approximate surface area is 82.6 Å². The first-order valence-electron chi connectivity index (χ1n) is 3.38. The normalized spacial score (nSPS) is 10.1. The van der Waals surface area contributed by atoms with Crippen LogP contribution >= 0.6 is 37.0 Å². The van der Waals surface area contributed by atoms with E-state index < -0.39 is 0 Å². The Hall–Kier alpha value is 0.270. The summed E-state index contributed by atoms with van der Waals surface area (Å²) in [6.45, 7) is 2.13. The second-order valence-electron chi connectivity index (χ2n) is 2.12. The van der Waals surface area contributed by atoms with Crippen molar-refractivity contribution in [2.45, 2.75) is 21.6 Å². The summed E-state index contributed by atoms with van der Waals surface area (Å²) >= 11 is 10.3. The Morgan fingerprint density at radius 1 is 1.18 bits per heavy atom. The average molecular weight is 202 g/mol. The Kier molecular flexibility index (Phi) is 3.69. The largest absolute Gasteiger partial charge is 0.143 e. The standard InChI is InChI=1S/C8H10S3/c1-2-11-8-4-6(9)3-7(10)5-8/h3-5,9-10H,2H2,1H3. The van der Waals surface area contributed by atoms with Crippen LogP contribution in [0.2, 0.25) is 0 Å². The summed E-state index contributed by atoms with van der Waals surface area (Å²) in [7, 11) is 0. The highest BCUT2D eigenvalue weighted by molar-refractivity contribution is 7.99. The predicted octanol–water partition coefficient (Wildman–Crippen LogP) is 3.38. The number of hydrogen-bond donors (Lipinski definition) is 2. The molecule has 0 nitrogen and oxygen atoms in total. The molecule has 0 aromatic heterocycles. The van der Waals surface area contributed by atoms with Crippen LogP contribution in [0, 0.1) is 0 Å². The Morgan fingerprint density at radius 3 is 2.18 bits per heavy atom. The summed E-state index contributed by atoms with van der Waals surface area (Å²) in [5.41, 5.74) is 0. The van der Waals surface area contributed by atoms with E-state index >= 15 is 0 Å². The Morgan fingerprint density at radius 2 is 1.73 bits per heavy atom. The van der Waals surface area contributed by atoms with Gasteiger partial charge in [-0.15, -0.1) is 37.0 Å². The third kappa shape index (κ3) is 3.01. The second-order valence-corrected chi connectivity index (χ2v) is 4.49. The van der Waals surface area contributed by atoms with Gasteiger partial charge in [0.15, 0.2) is 0 Å². The molecule has 0 amide bonds. The molecule has 0 saturated heterocycles. The van der Waals surface area contributed by atoms with Gasteiger partial charge in [-0.3, -0.25) is 0 Å². The van der Waals surface area contributed by atoms with E-state index in [2.05, 4.69) is 44.3 Å². The van der Waals surface area contributed by atoms with Gasteiger partial charge in [0.25, 0.3) is 0 Å². The van der Waals surface area contributed by atoms with E-state index in [1.54, 1.807) is 11.8 Å². The SMILES string of the molecule is CCSc1cc(S)cc(S)c1. The summed E-state index contributed by atoms with van der Waals surface area (Å²) in [5.74, 6) is 1.09. The molecule has 11 heavy (non-hydrogen) atoms. The van der Waals surface area contributed by atoms with Crippen LogP contribution in [0.1, 0.15) is 6.92 Å². The third-order valence-electron chi connectivity index (χ3n) is 1.19. The van der Waals surface area contributed by atoms with E-state index in [4.69, 9.17) is 0 Å². The molecule has 60 valence electrons. The zero-order chi connectivity index (χ0) is 8.27. The van der Waals surface area contributed by atoms with Crippen molar-refractivity contribution in [3.63, 3.8) is 0 Å². The van der Waals surface area contributed by atoms with Gasteiger partial charge in [-0.05, 0) is 24.0 Å². The molecular weight excluding hydrogens is 192 g/mol. The van der Waals surface area contributed by atoms with Gasteiger partial charge >= 0.3 is 0 Å². The number of hydrogen-bond acceptors (Lipinski definition) is 3. The Balaban J connectivity index is 2.89. The smallest absolute Gasteiger partial charge is 0.00939 e. The highest BCUT2D eigenvalue weighted by Crippen LogP contribution is 2.24. The molecular formula is C8H10S3. The lowest BCUT2D eigenvalue weighted by atomic mass is 10.4. The molecule has 0 N–H and O–H groups in total. The van der Waals surface area contributed by atoms with Crippen molar-refractivity contribution < 1.29 is 0 Å². The summed E-state index contributed by atoms with van der Waals surface area (Å²) in [6.07, 6.45) is 0. The fourth-order valence-corrected chi connectivity index (χ4v) is 2.40. The van der Waals surface area contributed by atoms with Crippen LogP contribution in [-0.4, -0.2) is 5.75 Å². The van der Waals surface area contributed by atoms with E-state index in [-0.39, 0.29) is 0 Å². The number of thioether (sulfide) groups is 1. The maximum absolute atomic E-state index is 4.25. The number of thiol groups is 2. The van der Waals surface area contributed by atoms with Gasteiger partial charge in [0.05, 0.1) is 0 Å². The van der Waals surface area contributed by atoms with E-state index in [0.717, 1.165) is 15.5 Å². The first-order valence-corrected chi connectivity index (χ1v) is 5.26. The molecule has 0 aliphatic carbocycles. The van der Waals surface area contributed by atoms with E-state index in [1.165, 1.54) is 4.90 Å². The lowest BCUT2D eigenvalue weighted by Gasteiger charge is -2.00. The van der Waals surface area contributed by atoms with Crippen molar-refractivity contribution in [1.29, 1.82) is 0 Å². The highest BCUT2D eigenvalue weighted by Gasteiger charge is 1.94. The molecule has 0 bridgehead atoms. The molecule has 0 fully saturated rings. The van der Waals surface area contributed by atoms with Crippen LogP contribution in [0.5, 0.6) is 0 Å². The van der Waals surface area contributed by atoms with Gasteiger partial charge in [-0.1, -0.05) is 6.92 Å². The van der Waals surface area contributed by atoms with Crippen molar-refractivity contribution in [3.8, 4) is 0 Å². The van der Waals surface area contributed by atoms with E-state index in [9.17, 15) is 0 Å². The monoisotopic (exact) mass is 202 g/mol. The molecule has 1 rings (SSSR count). The van der Waals surface area contributed by atoms with E-state index in [1.807, 2.05) is 6.07 Å².